The number of benzene rings is 1. The van der Waals surface area contributed by atoms with E-state index in [1.807, 2.05) is 17.9 Å². The number of anilines is 3. The number of carbonyl (C=O) groups excluding carboxylic acids is 1. The Bertz CT molecular complexity index is 1200. The average Bonchev–Trinajstić information content (AvgIpc) is 3.34. The van der Waals surface area contributed by atoms with Gasteiger partial charge in [-0.15, -0.1) is 0 Å². The largest absolute Gasteiger partial charge is 0.371 e. The van der Waals surface area contributed by atoms with Gasteiger partial charge in [0.05, 0.1) is 30.0 Å². The Labute approximate surface area is 180 Å². The van der Waals surface area contributed by atoms with Gasteiger partial charge in [-0.25, -0.2) is 9.67 Å². The number of nitrogens with zero attached hydrogens (tertiary/aromatic N) is 7. The third-order valence-electron chi connectivity index (χ3n) is 5.27. The first-order valence-electron chi connectivity index (χ1n) is 9.94. The van der Waals surface area contributed by atoms with Crippen molar-refractivity contribution in [1.29, 1.82) is 0 Å². The Balaban J connectivity index is 0.00000231. The average molecular weight is 419 g/mol. The number of aryl methyl sites for hydroxylation is 1. The van der Waals surface area contributed by atoms with Crippen LogP contribution in [0.25, 0.3) is 11.0 Å². The second-order valence-corrected chi connectivity index (χ2v) is 7.50. The summed E-state index contributed by atoms with van der Waals surface area (Å²) in [6, 6.07) is 8.40. The molecule has 4 heterocycles. The zero-order chi connectivity index (χ0) is 20.5. The number of piperidine rings is 1. The van der Waals surface area contributed by atoms with E-state index in [1.165, 1.54) is 0 Å². The normalized spacial score (nSPS) is 14.0. The number of aromatic nitrogens is 6. The van der Waals surface area contributed by atoms with E-state index < -0.39 is 0 Å². The molecule has 1 aliphatic heterocycles. The second kappa shape index (κ2) is 8.55. The van der Waals surface area contributed by atoms with Crippen molar-refractivity contribution in [2.45, 2.75) is 26.8 Å². The summed E-state index contributed by atoms with van der Waals surface area (Å²) in [5, 5.41) is 12.7. The Morgan fingerprint density at radius 3 is 2.71 bits per heavy atom. The number of hydrogen-bond donors (Lipinski definition) is 1. The van der Waals surface area contributed by atoms with Crippen molar-refractivity contribution >= 4 is 34.1 Å². The lowest BCUT2D eigenvalue weighted by atomic mass is 10.1. The topological polar surface area (TPSA) is 93.8 Å². The van der Waals surface area contributed by atoms with E-state index in [9.17, 15) is 4.79 Å². The molecular formula is C22H26N8O. The van der Waals surface area contributed by atoms with Crippen molar-refractivity contribution < 1.29 is 4.79 Å². The Morgan fingerprint density at radius 2 is 1.94 bits per heavy atom. The molecule has 0 atom stereocenters. The van der Waals surface area contributed by atoms with E-state index >= 15 is 0 Å². The number of ketones is 1. The number of hydrogen-bond acceptors (Lipinski definition) is 7. The molecule has 0 unspecified atom stereocenters. The number of rotatable bonds is 5. The lowest BCUT2D eigenvalue weighted by molar-refractivity contribution is -0.119. The highest BCUT2D eigenvalue weighted by Crippen LogP contribution is 2.22. The lowest BCUT2D eigenvalue weighted by Crippen LogP contribution is -2.33. The molecular weight excluding hydrogens is 392 g/mol. The molecule has 0 amide bonds. The minimum absolute atomic E-state index is 0. The number of carbonyl (C=O) groups is 1. The van der Waals surface area contributed by atoms with Gasteiger partial charge in [-0.3, -0.25) is 9.48 Å². The van der Waals surface area contributed by atoms with Crippen LogP contribution in [0.15, 0.2) is 49.1 Å². The Hall–Kier alpha value is -3.75. The third kappa shape index (κ3) is 4.40. The quantitative estimate of drug-likeness (QED) is 0.532. The monoisotopic (exact) mass is 418 g/mol. The number of fused-ring (bicyclic) bond motifs is 1. The molecule has 0 spiro atoms. The van der Waals surface area contributed by atoms with Crippen LogP contribution < -0.4 is 10.2 Å². The highest BCUT2D eigenvalue weighted by Gasteiger charge is 2.17. The third-order valence-corrected chi connectivity index (χ3v) is 5.27. The van der Waals surface area contributed by atoms with Gasteiger partial charge >= 0.3 is 0 Å². The van der Waals surface area contributed by atoms with Crippen LogP contribution in [-0.2, 0) is 18.4 Å². The van der Waals surface area contributed by atoms with Crippen LogP contribution in [0.4, 0.5) is 17.3 Å². The number of Topliss-reactive ketones (excluding diaryl/α,β-unsaturated/α-hetero) is 1. The molecule has 1 aliphatic rings. The summed E-state index contributed by atoms with van der Waals surface area (Å²) in [4.78, 5) is 22.8. The molecule has 5 rings (SSSR count). The van der Waals surface area contributed by atoms with Gasteiger partial charge in [-0.1, -0.05) is 19.6 Å². The summed E-state index contributed by atoms with van der Waals surface area (Å²) in [6.07, 6.45) is 8.39. The molecule has 1 N–H and O–H groups in total. The van der Waals surface area contributed by atoms with E-state index in [2.05, 4.69) is 54.6 Å². The van der Waals surface area contributed by atoms with E-state index in [1.54, 1.807) is 23.3 Å². The summed E-state index contributed by atoms with van der Waals surface area (Å²) in [7, 11) is 1.86. The van der Waals surface area contributed by atoms with Crippen molar-refractivity contribution in [1.82, 2.24) is 29.5 Å². The van der Waals surface area contributed by atoms with Gasteiger partial charge in [-0.05, 0) is 17.7 Å². The molecule has 160 valence electrons. The fourth-order valence-corrected chi connectivity index (χ4v) is 3.70. The van der Waals surface area contributed by atoms with Gasteiger partial charge in [0.15, 0.2) is 5.65 Å². The van der Waals surface area contributed by atoms with Crippen molar-refractivity contribution in [3.8, 4) is 0 Å². The molecule has 0 aliphatic carbocycles. The standard InChI is InChI=1S/C21H22N8O.CH4/c1-27-14-17(12-23-27)25-21-22-10-16-11-24-29(20(16)26-21)13-15-3-2-4-18(9-15)28-7-5-19(30)6-8-28;/h2-4,9-12,14H,5-8,13H2,1H3,(H,22,25,26);1H4. The molecule has 31 heavy (non-hydrogen) atoms. The van der Waals surface area contributed by atoms with E-state index in [0.29, 0.717) is 31.1 Å². The van der Waals surface area contributed by atoms with Gasteiger partial charge in [0.1, 0.15) is 5.78 Å². The predicted octanol–water partition coefficient (Wildman–Crippen LogP) is 3.16. The molecule has 1 aromatic carbocycles. The minimum atomic E-state index is 0. The minimum Gasteiger partial charge on any atom is -0.371 e. The molecule has 4 aromatic rings. The van der Waals surface area contributed by atoms with Crippen LogP contribution in [0.5, 0.6) is 0 Å². The van der Waals surface area contributed by atoms with Gasteiger partial charge < -0.3 is 10.2 Å². The highest BCUT2D eigenvalue weighted by atomic mass is 16.1. The van der Waals surface area contributed by atoms with Gasteiger partial charge in [0.2, 0.25) is 5.95 Å². The lowest BCUT2D eigenvalue weighted by Gasteiger charge is -2.28. The maximum Gasteiger partial charge on any atom is 0.229 e. The van der Waals surface area contributed by atoms with Crippen LogP contribution in [0, 0.1) is 0 Å². The van der Waals surface area contributed by atoms with Crippen LogP contribution in [0.1, 0.15) is 25.8 Å². The van der Waals surface area contributed by atoms with E-state index in [4.69, 9.17) is 0 Å². The van der Waals surface area contributed by atoms with Crippen molar-refractivity contribution in [3.63, 3.8) is 0 Å². The van der Waals surface area contributed by atoms with Crippen LogP contribution >= 0.6 is 0 Å². The molecule has 3 aromatic heterocycles. The summed E-state index contributed by atoms with van der Waals surface area (Å²) < 4.78 is 3.60. The number of nitrogens with one attached hydrogen (secondary N) is 1. The fourth-order valence-electron chi connectivity index (χ4n) is 3.70. The van der Waals surface area contributed by atoms with Crippen LogP contribution in [0.2, 0.25) is 0 Å². The Kier molecular flexibility index (Phi) is 5.66. The predicted molar refractivity (Wildman–Crippen MR) is 121 cm³/mol. The van der Waals surface area contributed by atoms with Crippen molar-refractivity contribution in [3.05, 3.63) is 54.6 Å². The fraction of sp³-hybridized carbons (Fsp3) is 0.318. The smallest absolute Gasteiger partial charge is 0.229 e. The first-order chi connectivity index (χ1) is 14.6. The molecule has 0 saturated carbocycles. The van der Waals surface area contributed by atoms with Gasteiger partial charge in [-0.2, -0.15) is 15.2 Å². The Morgan fingerprint density at radius 1 is 1.10 bits per heavy atom. The molecule has 0 radical (unpaired) electrons. The molecule has 1 fully saturated rings. The SMILES string of the molecule is C.Cn1cc(Nc2ncc3cnn(Cc4cccc(N5CCC(=O)CC5)c4)c3n2)cn1. The van der Waals surface area contributed by atoms with E-state index in [-0.39, 0.29) is 7.43 Å². The molecule has 0 bridgehead atoms. The van der Waals surface area contributed by atoms with Crippen LogP contribution in [0.3, 0.4) is 0 Å². The molecule has 9 nitrogen and oxygen atoms in total. The van der Waals surface area contributed by atoms with Crippen LogP contribution in [-0.4, -0.2) is 48.4 Å². The zero-order valence-electron chi connectivity index (χ0n) is 16.7. The van der Waals surface area contributed by atoms with Gasteiger partial charge in [0, 0.05) is 51.1 Å². The second-order valence-electron chi connectivity index (χ2n) is 7.50. The summed E-state index contributed by atoms with van der Waals surface area (Å²) in [6.45, 7) is 2.17. The van der Waals surface area contributed by atoms with Crippen molar-refractivity contribution in [2.24, 2.45) is 7.05 Å². The first kappa shape index (κ1) is 20.5. The zero-order valence-corrected chi connectivity index (χ0v) is 16.7. The van der Waals surface area contributed by atoms with E-state index in [0.717, 1.165) is 41.1 Å². The summed E-state index contributed by atoms with van der Waals surface area (Å²) in [5.74, 6) is 0.852. The highest BCUT2D eigenvalue weighted by molar-refractivity contribution is 5.81. The first-order valence-corrected chi connectivity index (χ1v) is 9.94. The summed E-state index contributed by atoms with van der Waals surface area (Å²) in [5.41, 5.74) is 3.88. The maximum absolute atomic E-state index is 11.5. The van der Waals surface area contributed by atoms with Crippen molar-refractivity contribution in [2.75, 3.05) is 23.3 Å². The molecule has 1 saturated heterocycles. The van der Waals surface area contributed by atoms with Gasteiger partial charge in [0.25, 0.3) is 0 Å². The summed E-state index contributed by atoms with van der Waals surface area (Å²) >= 11 is 0. The maximum atomic E-state index is 11.5. The molecule has 9 heteroatoms.